The van der Waals surface area contributed by atoms with Gasteiger partial charge in [0, 0.05) is 24.4 Å². The fraction of sp³-hybridized carbons (Fsp3) is 0.263. The van der Waals surface area contributed by atoms with Crippen molar-refractivity contribution in [2.45, 2.75) is 19.3 Å². The SMILES string of the molecule is CN1NC(=C2C=CC=C2)C2CCCC(C=C3C=CC=C3)=C21. The van der Waals surface area contributed by atoms with Gasteiger partial charge in [-0.3, -0.25) is 5.01 Å². The number of nitrogens with zero attached hydrogens (tertiary/aromatic N) is 1. The smallest absolute Gasteiger partial charge is 0.0478 e. The van der Waals surface area contributed by atoms with Crippen molar-refractivity contribution in [2.24, 2.45) is 5.92 Å². The molecule has 0 spiro atoms. The lowest BCUT2D eigenvalue weighted by atomic mass is 9.84. The van der Waals surface area contributed by atoms with Crippen LogP contribution >= 0.6 is 0 Å². The molecule has 1 unspecified atom stereocenters. The molecule has 0 bridgehead atoms. The van der Waals surface area contributed by atoms with E-state index < -0.39 is 0 Å². The van der Waals surface area contributed by atoms with E-state index in [-0.39, 0.29) is 0 Å². The monoisotopic (exact) mass is 276 g/mol. The summed E-state index contributed by atoms with van der Waals surface area (Å²) in [5, 5.41) is 2.22. The van der Waals surface area contributed by atoms with E-state index >= 15 is 0 Å². The minimum atomic E-state index is 0.521. The summed E-state index contributed by atoms with van der Waals surface area (Å²) in [4.78, 5) is 0. The van der Waals surface area contributed by atoms with Crippen molar-refractivity contribution in [3.63, 3.8) is 0 Å². The van der Waals surface area contributed by atoms with Gasteiger partial charge in [-0.25, -0.2) is 0 Å². The molecule has 3 aliphatic carbocycles. The highest BCUT2D eigenvalue weighted by Crippen LogP contribution is 2.42. The maximum absolute atomic E-state index is 3.58. The van der Waals surface area contributed by atoms with Crippen LogP contribution in [0.25, 0.3) is 0 Å². The Morgan fingerprint density at radius 3 is 2.57 bits per heavy atom. The van der Waals surface area contributed by atoms with Gasteiger partial charge >= 0.3 is 0 Å². The Bertz CT molecular complexity index is 652. The maximum atomic E-state index is 3.58. The Labute approximate surface area is 126 Å². The largest absolute Gasteiger partial charge is 0.302 e. The predicted molar refractivity (Wildman–Crippen MR) is 86.9 cm³/mol. The van der Waals surface area contributed by atoms with E-state index in [1.54, 1.807) is 0 Å². The molecular weight excluding hydrogens is 256 g/mol. The fourth-order valence-electron chi connectivity index (χ4n) is 3.69. The second-order valence-electron chi connectivity index (χ2n) is 5.98. The summed E-state index contributed by atoms with van der Waals surface area (Å²) < 4.78 is 0. The van der Waals surface area contributed by atoms with Gasteiger partial charge in [0.2, 0.25) is 0 Å². The van der Waals surface area contributed by atoms with Crippen LogP contribution < -0.4 is 5.43 Å². The normalized spacial score (nSPS) is 26.2. The lowest BCUT2D eigenvalue weighted by molar-refractivity contribution is 0.367. The number of rotatable bonds is 1. The third-order valence-electron chi connectivity index (χ3n) is 4.60. The molecule has 4 aliphatic rings. The van der Waals surface area contributed by atoms with Gasteiger partial charge in [-0.05, 0) is 42.1 Å². The highest BCUT2D eigenvalue weighted by atomic mass is 15.5. The molecule has 106 valence electrons. The summed E-state index contributed by atoms with van der Waals surface area (Å²) in [5.41, 5.74) is 10.5. The zero-order valence-electron chi connectivity index (χ0n) is 12.3. The molecule has 1 saturated heterocycles. The second-order valence-corrected chi connectivity index (χ2v) is 5.98. The number of fused-ring (bicyclic) bond motifs is 1. The Morgan fingerprint density at radius 1 is 1.10 bits per heavy atom. The zero-order valence-corrected chi connectivity index (χ0v) is 12.3. The molecule has 0 aromatic heterocycles. The van der Waals surface area contributed by atoms with Gasteiger partial charge in [0.05, 0.1) is 0 Å². The van der Waals surface area contributed by atoms with Crippen molar-refractivity contribution in [3.8, 4) is 0 Å². The molecule has 0 saturated carbocycles. The summed E-state index contributed by atoms with van der Waals surface area (Å²) >= 11 is 0. The summed E-state index contributed by atoms with van der Waals surface area (Å²) in [6.45, 7) is 0. The van der Waals surface area contributed by atoms with E-state index in [9.17, 15) is 0 Å². The van der Waals surface area contributed by atoms with Gasteiger partial charge in [-0.2, -0.15) is 0 Å². The van der Waals surface area contributed by atoms with E-state index in [4.69, 9.17) is 0 Å². The second kappa shape index (κ2) is 4.96. The van der Waals surface area contributed by atoms with Crippen LogP contribution in [0.2, 0.25) is 0 Å². The van der Waals surface area contributed by atoms with Gasteiger partial charge in [-0.1, -0.05) is 48.6 Å². The predicted octanol–water partition coefficient (Wildman–Crippen LogP) is 3.92. The topological polar surface area (TPSA) is 15.3 Å². The van der Waals surface area contributed by atoms with Crippen LogP contribution in [0.15, 0.2) is 82.8 Å². The average Bonchev–Trinajstić information content (AvgIpc) is 3.20. The quantitative estimate of drug-likeness (QED) is 0.781. The van der Waals surface area contributed by atoms with Crippen LogP contribution in [0.4, 0.5) is 0 Å². The first kappa shape index (κ1) is 12.5. The zero-order chi connectivity index (χ0) is 14.2. The van der Waals surface area contributed by atoms with Crippen LogP contribution in [0.5, 0.6) is 0 Å². The van der Waals surface area contributed by atoms with Crippen molar-refractivity contribution < 1.29 is 0 Å². The summed E-state index contributed by atoms with van der Waals surface area (Å²) in [6, 6.07) is 0. The highest BCUT2D eigenvalue weighted by molar-refractivity contribution is 5.50. The van der Waals surface area contributed by atoms with Crippen LogP contribution in [0, 0.1) is 5.92 Å². The molecule has 2 nitrogen and oxygen atoms in total. The van der Waals surface area contributed by atoms with Crippen molar-refractivity contribution in [1.82, 2.24) is 10.4 Å². The molecule has 1 N–H and O–H groups in total. The van der Waals surface area contributed by atoms with Crippen molar-refractivity contribution in [3.05, 3.63) is 82.8 Å². The molecule has 4 rings (SSSR count). The Kier molecular flexibility index (Phi) is 2.95. The molecule has 1 heterocycles. The molecular formula is C19H20N2. The highest BCUT2D eigenvalue weighted by Gasteiger charge is 2.35. The standard InChI is InChI=1S/C19H20N2/c1-21-19-16(13-14-7-2-3-8-14)11-6-12-17(19)18(20-21)15-9-4-5-10-15/h2-5,7-10,13,17,20H,6,11-12H2,1H3. The Hall–Kier alpha value is -2.22. The van der Waals surface area contributed by atoms with E-state index in [0.29, 0.717) is 5.92 Å². The third kappa shape index (κ3) is 2.11. The molecule has 1 aliphatic heterocycles. The number of hydrogen-bond acceptors (Lipinski definition) is 2. The summed E-state index contributed by atoms with van der Waals surface area (Å²) in [6.07, 6.45) is 23.3. The van der Waals surface area contributed by atoms with E-state index in [1.165, 1.54) is 47.4 Å². The van der Waals surface area contributed by atoms with Gasteiger partial charge in [0.25, 0.3) is 0 Å². The van der Waals surface area contributed by atoms with Gasteiger partial charge in [0.1, 0.15) is 0 Å². The van der Waals surface area contributed by atoms with E-state index in [2.05, 4.69) is 72.2 Å². The average molecular weight is 276 g/mol. The first-order chi connectivity index (χ1) is 10.3. The Balaban J connectivity index is 1.78. The molecule has 0 radical (unpaired) electrons. The van der Waals surface area contributed by atoms with Gasteiger partial charge in [0.15, 0.2) is 0 Å². The number of hydrogen-bond donors (Lipinski definition) is 1. The molecule has 0 aromatic rings. The first-order valence-electron chi connectivity index (χ1n) is 7.72. The minimum absolute atomic E-state index is 0.521. The fourth-order valence-corrected chi connectivity index (χ4v) is 3.69. The van der Waals surface area contributed by atoms with E-state index in [0.717, 1.165) is 0 Å². The molecule has 0 aromatic carbocycles. The lowest BCUT2D eigenvalue weighted by Gasteiger charge is -2.24. The summed E-state index contributed by atoms with van der Waals surface area (Å²) in [7, 11) is 2.14. The summed E-state index contributed by atoms with van der Waals surface area (Å²) in [5.74, 6) is 0.521. The molecule has 0 amide bonds. The minimum Gasteiger partial charge on any atom is -0.302 e. The third-order valence-corrected chi connectivity index (χ3v) is 4.60. The first-order valence-corrected chi connectivity index (χ1v) is 7.72. The number of nitrogens with one attached hydrogen (secondary N) is 1. The molecule has 21 heavy (non-hydrogen) atoms. The van der Waals surface area contributed by atoms with Gasteiger partial charge < -0.3 is 5.43 Å². The van der Waals surface area contributed by atoms with Crippen LogP contribution in [0.1, 0.15) is 19.3 Å². The van der Waals surface area contributed by atoms with Crippen LogP contribution in [0.3, 0.4) is 0 Å². The van der Waals surface area contributed by atoms with Crippen molar-refractivity contribution in [1.29, 1.82) is 0 Å². The maximum Gasteiger partial charge on any atom is 0.0478 e. The van der Waals surface area contributed by atoms with Crippen LogP contribution in [-0.2, 0) is 0 Å². The Morgan fingerprint density at radius 2 is 1.81 bits per heavy atom. The lowest BCUT2D eigenvalue weighted by Crippen LogP contribution is -2.25. The molecule has 1 atom stereocenters. The van der Waals surface area contributed by atoms with Gasteiger partial charge in [-0.15, -0.1) is 0 Å². The van der Waals surface area contributed by atoms with Crippen molar-refractivity contribution in [2.75, 3.05) is 7.05 Å². The molecule has 1 fully saturated rings. The van der Waals surface area contributed by atoms with Crippen molar-refractivity contribution >= 4 is 0 Å². The number of hydrazine groups is 1. The van der Waals surface area contributed by atoms with Crippen LogP contribution in [-0.4, -0.2) is 12.1 Å². The number of allylic oxidation sites excluding steroid dienone is 12. The van der Waals surface area contributed by atoms with E-state index in [1.807, 2.05) is 0 Å². The molecule has 2 heteroatoms.